The Morgan fingerprint density at radius 3 is 2.41 bits per heavy atom. The molecule has 0 saturated heterocycles. The Bertz CT molecular complexity index is 581. The first-order chi connectivity index (χ1) is 7.60. The van der Waals surface area contributed by atoms with Crippen molar-refractivity contribution >= 4 is 15.7 Å². The first-order valence-electron chi connectivity index (χ1n) is 4.13. The van der Waals surface area contributed by atoms with Gasteiger partial charge in [-0.25, -0.2) is 0 Å². The number of nitriles is 1. The van der Waals surface area contributed by atoms with Gasteiger partial charge in [-0.05, 0) is 6.92 Å². The number of aromatic nitrogens is 2. The maximum Gasteiger partial charge on any atom is 0.516 e. The molecule has 1 N–H and O–H groups in total. The van der Waals surface area contributed by atoms with Crippen LogP contribution >= 0.6 is 0 Å². The van der Waals surface area contributed by atoms with Crippen LogP contribution in [0.3, 0.4) is 0 Å². The second kappa shape index (κ2) is 3.92. The molecule has 0 aliphatic carbocycles. The molecule has 0 aliphatic heterocycles. The van der Waals surface area contributed by atoms with Gasteiger partial charge >= 0.3 is 15.5 Å². The van der Waals surface area contributed by atoms with Gasteiger partial charge in [-0.1, -0.05) is 0 Å². The summed E-state index contributed by atoms with van der Waals surface area (Å²) in [5.41, 5.74) is -6.22. The Morgan fingerprint density at radius 1 is 1.47 bits per heavy atom. The maximum atomic E-state index is 12.1. The molecule has 1 heterocycles. The van der Waals surface area contributed by atoms with Crippen molar-refractivity contribution in [3.05, 3.63) is 11.4 Å². The highest BCUT2D eigenvalue weighted by atomic mass is 32.2. The van der Waals surface area contributed by atoms with Crippen molar-refractivity contribution < 1.29 is 21.6 Å². The predicted octanol–water partition coefficient (Wildman–Crippen LogP) is 0.862. The molecule has 0 saturated carbocycles. The molecule has 0 spiro atoms. The maximum absolute atomic E-state index is 12.1. The molecule has 10 heteroatoms. The molecule has 0 atom stereocenters. The quantitative estimate of drug-likeness (QED) is 0.861. The minimum absolute atomic E-state index is 0.0168. The Balaban J connectivity index is 3.28. The number of hydrogen-bond donors (Lipinski definition) is 1. The first-order valence-corrected chi connectivity index (χ1v) is 5.61. The molecular formula is C7H7F3N4O2S. The third-order valence-corrected chi connectivity index (χ3v) is 2.95. The minimum atomic E-state index is -5.55. The summed E-state index contributed by atoms with van der Waals surface area (Å²) in [5.74, 6) is 0. The fraction of sp³-hybridized carbons (Fsp3) is 0.429. The van der Waals surface area contributed by atoms with Crippen molar-refractivity contribution in [3.63, 3.8) is 0 Å². The molecule has 0 fully saturated rings. The SMILES string of the molecule is Cc1nn(C)c(C#N)c1NS(=O)(=O)C(F)(F)F. The molecule has 0 unspecified atom stereocenters. The van der Waals surface area contributed by atoms with Gasteiger partial charge < -0.3 is 0 Å². The summed E-state index contributed by atoms with van der Waals surface area (Å²) < 4.78 is 60.4. The highest BCUT2D eigenvalue weighted by Gasteiger charge is 2.46. The molecule has 0 aromatic carbocycles. The van der Waals surface area contributed by atoms with Crippen LogP contribution in [0.1, 0.15) is 11.4 Å². The number of rotatable bonds is 2. The molecular weight excluding hydrogens is 261 g/mol. The fourth-order valence-electron chi connectivity index (χ4n) is 1.10. The standard InChI is InChI=1S/C7H7F3N4O2S/c1-4-6(5(3-11)14(2)12-4)13-17(15,16)7(8,9)10/h13H,1-2H3. The van der Waals surface area contributed by atoms with Crippen LogP contribution in [-0.4, -0.2) is 23.7 Å². The number of alkyl halides is 3. The van der Waals surface area contributed by atoms with Gasteiger partial charge in [0.15, 0.2) is 5.69 Å². The highest BCUT2D eigenvalue weighted by molar-refractivity contribution is 7.93. The van der Waals surface area contributed by atoms with Gasteiger partial charge in [0.1, 0.15) is 11.8 Å². The van der Waals surface area contributed by atoms with E-state index in [2.05, 4.69) is 5.10 Å². The van der Waals surface area contributed by atoms with Crippen LogP contribution in [-0.2, 0) is 17.1 Å². The molecule has 0 aliphatic rings. The zero-order valence-electron chi connectivity index (χ0n) is 8.70. The van der Waals surface area contributed by atoms with E-state index in [-0.39, 0.29) is 11.4 Å². The lowest BCUT2D eigenvalue weighted by Gasteiger charge is -2.09. The summed E-state index contributed by atoms with van der Waals surface area (Å²) in [5, 5.41) is 12.3. The second-order valence-electron chi connectivity index (χ2n) is 3.10. The zero-order chi connectivity index (χ0) is 13.4. The number of hydrogen-bond acceptors (Lipinski definition) is 4. The zero-order valence-corrected chi connectivity index (χ0v) is 9.52. The van der Waals surface area contributed by atoms with Crippen molar-refractivity contribution in [2.24, 2.45) is 7.05 Å². The van der Waals surface area contributed by atoms with Gasteiger partial charge in [-0.3, -0.25) is 9.40 Å². The number of halogens is 3. The lowest BCUT2D eigenvalue weighted by molar-refractivity contribution is -0.0429. The lowest BCUT2D eigenvalue weighted by atomic mass is 10.3. The van der Waals surface area contributed by atoms with Gasteiger partial charge in [0.05, 0.1) is 5.69 Å². The molecule has 0 radical (unpaired) electrons. The van der Waals surface area contributed by atoms with E-state index in [1.165, 1.54) is 18.7 Å². The molecule has 1 aromatic rings. The second-order valence-corrected chi connectivity index (χ2v) is 4.77. The summed E-state index contributed by atoms with van der Waals surface area (Å²) in [4.78, 5) is 0. The fourth-order valence-corrected chi connectivity index (χ4v) is 1.73. The van der Waals surface area contributed by atoms with Crippen LogP contribution in [0.2, 0.25) is 0 Å². The van der Waals surface area contributed by atoms with Gasteiger partial charge in [0, 0.05) is 7.05 Å². The van der Waals surface area contributed by atoms with Crippen LogP contribution in [0.25, 0.3) is 0 Å². The van der Waals surface area contributed by atoms with E-state index in [0.717, 1.165) is 4.68 Å². The number of anilines is 1. The van der Waals surface area contributed by atoms with Crippen molar-refractivity contribution in [3.8, 4) is 6.07 Å². The average molecular weight is 268 g/mol. The van der Waals surface area contributed by atoms with Crippen LogP contribution < -0.4 is 4.72 Å². The lowest BCUT2D eigenvalue weighted by Crippen LogP contribution is -2.30. The predicted molar refractivity (Wildman–Crippen MR) is 51.3 cm³/mol. The average Bonchev–Trinajstić information content (AvgIpc) is 2.39. The monoisotopic (exact) mass is 268 g/mol. The van der Waals surface area contributed by atoms with Gasteiger partial charge in [0.25, 0.3) is 0 Å². The molecule has 94 valence electrons. The van der Waals surface area contributed by atoms with Crippen LogP contribution in [0.15, 0.2) is 0 Å². The van der Waals surface area contributed by atoms with E-state index in [4.69, 9.17) is 5.26 Å². The van der Waals surface area contributed by atoms with Crippen molar-refractivity contribution in [2.45, 2.75) is 12.4 Å². The van der Waals surface area contributed by atoms with Gasteiger partial charge in [-0.2, -0.15) is 31.9 Å². The van der Waals surface area contributed by atoms with Crippen molar-refractivity contribution in [1.29, 1.82) is 5.26 Å². The van der Waals surface area contributed by atoms with E-state index in [1.54, 1.807) is 6.07 Å². The van der Waals surface area contributed by atoms with Crippen LogP contribution in [0.5, 0.6) is 0 Å². The van der Waals surface area contributed by atoms with Crippen molar-refractivity contribution in [1.82, 2.24) is 9.78 Å². The summed E-state index contributed by atoms with van der Waals surface area (Å²) in [6, 6.07) is 1.56. The number of sulfonamides is 1. The third kappa shape index (κ3) is 2.33. The van der Waals surface area contributed by atoms with E-state index >= 15 is 0 Å². The Hall–Kier alpha value is -1.76. The highest BCUT2D eigenvalue weighted by Crippen LogP contribution is 2.28. The Kier molecular flexibility index (Phi) is 3.07. The molecule has 0 bridgehead atoms. The molecule has 1 rings (SSSR count). The summed E-state index contributed by atoms with van der Waals surface area (Å²) in [6.07, 6.45) is 0. The number of nitrogens with zero attached hydrogens (tertiary/aromatic N) is 3. The summed E-state index contributed by atoms with van der Waals surface area (Å²) in [7, 11) is -4.23. The largest absolute Gasteiger partial charge is 0.516 e. The van der Waals surface area contributed by atoms with E-state index in [9.17, 15) is 21.6 Å². The first kappa shape index (κ1) is 13.3. The van der Waals surface area contributed by atoms with E-state index < -0.39 is 21.2 Å². The Labute approximate surface area is 94.7 Å². The molecule has 1 aromatic heterocycles. The minimum Gasteiger partial charge on any atom is -0.271 e. The van der Waals surface area contributed by atoms with Gasteiger partial charge in [0.2, 0.25) is 0 Å². The Morgan fingerprint density at radius 2 is 2.00 bits per heavy atom. The normalized spacial score (nSPS) is 12.2. The summed E-state index contributed by atoms with van der Waals surface area (Å²) in [6.45, 7) is 1.29. The smallest absolute Gasteiger partial charge is 0.271 e. The third-order valence-electron chi connectivity index (χ3n) is 1.87. The van der Waals surface area contributed by atoms with Crippen molar-refractivity contribution in [2.75, 3.05) is 4.72 Å². The molecule has 6 nitrogen and oxygen atoms in total. The number of nitrogens with one attached hydrogen (secondary N) is 1. The van der Waals surface area contributed by atoms with Crippen LogP contribution in [0, 0.1) is 18.3 Å². The molecule has 0 amide bonds. The summed E-state index contributed by atoms with van der Waals surface area (Å²) >= 11 is 0. The number of aryl methyl sites for hydroxylation is 2. The van der Waals surface area contributed by atoms with Gasteiger partial charge in [-0.15, -0.1) is 0 Å². The van der Waals surface area contributed by atoms with E-state index in [1.807, 2.05) is 0 Å². The topological polar surface area (TPSA) is 87.8 Å². The molecule has 17 heavy (non-hydrogen) atoms. The van der Waals surface area contributed by atoms with Crippen LogP contribution in [0.4, 0.5) is 18.9 Å². The van der Waals surface area contributed by atoms with E-state index in [0.29, 0.717) is 0 Å².